The summed E-state index contributed by atoms with van der Waals surface area (Å²) in [4.78, 5) is 15.1. The van der Waals surface area contributed by atoms with Gasteiger partial charge >= 0.3 is 5.69 Å². The second-order valence-electron chi connectivity index (χ2n) is 5.59. The van der Waals surface area contributed by atoms with Crippen LogP contribution < -0.4 is 10.6 Å². The molecule has 2 atom stereocenters. The van der Waals surface area contributed by atoms with Gasteiger partial charge in [0.05, 0.1) is 10.4 Å². The van der Waals surface area contributed by atoms with Gasteiger partial charge in [-0.3, -0.25) is 10.1 Å². The Bertz CT molecular complexity index is 741. The molecule has 2 N–H and O–H groups in total. The number of halogens is 1. The average Bonchev–Trinajstić information content (AvgIpc) is 2.90. The standard InChI is InChI=1S/C14H13BrN4O2/c15-7-1-2-11-8(3-7)14(12(6-17-11)19(20)21)18-13-9-4-16-5-10(9)13/h1-3,6,9-10,13,16H,4-5H2,(H,17,18). The van der Waals surface area contributed by atoms with Gasteiger partial charge in [0.25, 0.3) is 0 Å². The quantitative estimate of drug-likeness (QED) is 0.658. The first-order valence-electron chi connectivity index (χ1n) is 6.85. The molecule has 7 heteroatoms. The number of piperidine rings is 1. The Kier molecular flexibility index (Phi) is 2.87. The zero-order chi connectivity index (χ0) is 14.6. The Labute approximate surface area is 129 Å². The molecule has 1 aliphatic heterocycles. The molecule has 2 fully saturated rings. The van der Waals surface area contributed by atoms with E-state index in [0.717, 1.165) is 28.5 Å². The number of rotatable bonds is 3. The van der Waals surface area contributed by atoms with Crippen molar-refractivity contribution >= 4 is 38.2 Å². The summed E-state index contributed by atoms with van der Waals surface area (Å²) in [6.07, 6.45) is 1.34. The summed E-state index contributed by atoms with van der Waals surface area (Å²) < 4.78 is 0.887. The fourth-order valence-electron chi connectivity index (χ4n) is 3.24. The highest BCUT2D eigenvalue weighted by molar-refractivity contribution is 9.10. The molecule has 0 spiro atoms. The van der Waals surface area contributed by atoms with Crippen LogP contribution in [0.2, 0.25) is 0 Å². The van der Waals surface area contributed by atoms with E-state index < -0.39 is 0 Å². The normalized spacial score (nSPS) is 26.6. The van der Waals surface area contributed by atoms with Gasteiger partial charge in [0.2, 0.25) is 0 Å². The van der Waals surface area contributed by atoms with E-state index in [9.17, 15) is 10.1 Å². The van der Waals surface area contributed by atoms with Crippen LogP contribution in [0.5, 0.6) is 0 Å². The van der Waals surface area contributed by atoms with Crippen LogP contribution in [0, 0.1) is 22.0 Å². The first-order valence-corrected chi connectivity index (χ1v) is 7.64. The summed E-state index contributed by atoms with van der Waals surface area (Å²) in [5, 5.41) is 18.8. The molecule has 1 aliphatic carbocycles. The zero-order valence-corrected chi connectivity index (χ0v) is 12.6. The fraction of sp³-hybridized carbons (Fsp3) is 0.357. The lowest BCUT2D eigenvalue weighted by Crippen LogP contribution is -2.21. The smallest absolute Gasteiger partial charge is 0.311 e. The van der Waals surface area contributed by atoms with Crippen LogP contribution in [0.4, 0.5) is 11.4 Å². The summed E-state index contributed by atoms with van der Waals surface area (Å²) in [5.74, 6) is 1.17. The van der Waals surface area contributed by atoms with E-state index in [1.54, 1.807) is 0 Å². The van der Waals surface area contributed by atoms with Gasteiger partial charge in [0.15, 0.2) is 0 Å². The van der Waals surface area contributed by atoms with Gasteiger partial charge in [-0.05, 0) is 30.0 Å². The van der Waals surface area contributed by atoms with E-state index in [-0.39, 0.29) is 10.6 Å². The van der Waals surface area contributed by atoms with Gasteiger partial charge in [-0.1, -0.05) is 15.9 Å². The SMILES string of the molecule is O=[N+]([O-])c1cnc2ccc(Br)cc2c1NC1C2CNCC21. The average molecular weight is 349 g/mol. The van der Waals surface area contributed by atoms with Crippen molar-refractivity contribution in [1.82, 2.24) is 10.3 Å². The Morgan fingerprint density at radius 1 is 1.38 bits per heavy atom. The van der Waals surface area contributed by atoms with Crippen molar-refractivity contribution < 1.29 is 4.92 Å². The molecule has 2 heterocycles. The number of aromatic nitrogens is 1. The zero-order valence-electron chi connectivity index (χ0n) is 11.0. The number of hydrogen-bond donors (Lipinski definition) is 2. The van der Waals surface area contributed by atoms with Crippen molar-refractivity contribution in [2.24, 2.45) is 11.8 Å². The number of anilines is 1. The summed E-state index contributed by atoms with van der Waals surface area (Å²) in [6.45, 7) is 1.98. The Morgan fingerprint density at radius 3 is 2.86 bits per heavy atom. The fourth-order valence-corrected chi connectivity index (χ4v) is 3.60. The Morgan fingerprint density at radius 2 is 2.14 bits per heavy atom. The van der Waals surface area contributed by atoms with Crippen molar-refractivity contribution in [3.63, 3.8) is 0 Å². The minimum Gasteiger partial charge on any atom is -0.375 e. The van der Waals surface area contributed by atoms with E-state index in [1.807, 2.05) is 18.2 Å². The number of nitrogens with one attached hydrogen (secondary N) is 2. The molecule has 0 amide bonds. The molecule has 0 radical (unpaired) electrons. The summed E-state index contributed by atoms with van der Waals surface area (Å²) in [5.41, 5.74) is 1.39. The molecule has 108 valence electrons. The van der Waals surface area contributed by atoms with Crippen LogP contribution in [-0.4, -0.2) is 29.0 Å². The molecule has 2 aliphatic rings. The number of nitrogens with zero attached hydrogens (tertiary/aromatic N) is 2. The Balaban J connectivity index is 1.81. The van der Waals surface area contributed by atoms with Gasteiger partial charge in [0, 0.05) is 29.0 Å². The van der Waals surface area contributed by atoms with Crippen LogP contribution in [0.1, 0.15) is 0 Å². The maximum Gasteiger partial charge on any atom is 0.311 e. The van der Waals surface area contributed by atoms with E-state index in [4.69, 9.17) is 0 Å². The van der Waals surface area contributed by atoms with Crippen molar-refractivity contribution in [2.45, 2.75) is 6.04 Å². The lowest BCUT2D eigenvalue weighted by Gasteiger charge is -2.12. The van der Waals surface area contributed by atoms with E-state index >= 15 is 0 Å². The molecule has 1 aromatic carbocycles. The second-order valence-corrected chi connectivity index (χ2v) is 6.51. The van der Waals surface area contributed by atoms with Crippen LogP contribution in [0.25, 0.3) is 10.9 Å². The maximum absolute atomic E-state index is 11.3. The lowest BCUT2D eigenvalue weighted by atomic mass is 10.1. The largest absolute Gasteiger partial charge is 0.375 e. The molecule has 1 saturated carbocycles. The highest BCUT2D eigenvalue weighted by Gasteiger charge is 2.53. The van der Waals surface area contributed by atoms with Crippen LogP contribution in [-0.2, 0) is 0 Å². The number of fused-ring (bicyclic) bond motifs is 2. The molecular formula is C14H13BrN4O2. The second kappa shape index (κ2) is 4.64. The Hall–Kier alpha value is -1.73. The van der Waals surface area contributed by atoms with Gasteiger partial charge in [-0.15, -0.1) is 0 Å². The number of benzene rings is 1. The van der Waals surface area contributed by atoms with Crippen LogP contribution in [0.3, 0.4) is 0 Å². The van der Waals surface area contributed by atoms with Gasteiger partial charge < -0.3 is 10.6 Å². The molecule has 2 unspecified atom stereocenters. The van der Waals surface area contributed by atoms with Crippen LogP contribution in [0.15, 0.2) is 28.9 Å². The summed E-state index contributed by atoms with van der Waals surface area (Å²) in [7, 11) is 0. The molecular weight excluding hydrogens is 336 g/mol. The molecule has 0 bridgehead atoms. The third kappa shape index (κ3) is 2.08. The molecule has 4 rings (SSSR count). The molecule has 21 heavy (non-hydrogen) atoms. The van der Waals surface area contributed by atoms with Gasteiger partial charge in [0.1, 0.15) is 11.9 Å². The number of hydrogen-bond acceptors (Lipinski definition) is 5. The highest BCUT2D eigenvalue weighted by atomic mass is 79.9. The monoisotopic (exact) mass is 348 g/mol. The lowest BCUT2D eigenvalue weighted by molar-refractivity contribution is -0.384. The first kappa shape index (κ1) is 13.0. The maximum atomic E-state index is 11.3. The van der Waals surface area contributed by atoms with E-state index in [2.05, 4.69) is 31.5 Å². The molecule has 1 saturated heterocycles. The molecule has 1 aromatic heterocycles. The summed E-state index contributed by atoms with van der Waals surface area (Å²) in [6, 6.07) is 5.97. The first-order chi connectivity index (χ1) is 10.1. The minimum atomic E-state index is -0.369. The topological polar surface area (TPSA) is 80.1 Å². The van der Waals surface area contributed by atoms with Crippen molar-refractivity contribution in [1.29, 1.82) is 0 Å². The minimum absolute atomic E-state index is 0.0403. The van der Waals surface area contributed by atoms with Gasteiger partial charge in [-0.2, -0.15) is 0 Å². The predicted molar refractivity (Wildman–Crippen MR) is 83.4 cm³/mol. The van der Waals surface area contributed by atoms with E-state index in [0.29, 0.717) is 23.6 Å². The van der Waals surface area contributed by atoms with Gasteiger partial charge in [-0.25, -0.2) is 4.98 Å². The van der Waals surface area contributed by atoms with Crippen molar-refractivity contribution in [3.05, 3.63) is 39.0 Å². The molecule has 6 nitrogen and oxygen atoms in total. The number of nitro groups is 1. The van der Waals surface area contributed by atoms with Crippen molar-refractivity contribution in [3.8, 4) is 0 Å². The predicted octanol–water partition coefficient (Wildman–Crippen LogP) is 2.54. The van der Waals surface area contributed by atoms with Crippen molar-refractivity contribution in [2.75, 3.05) is 18.4 Å². The summed E-state index contributed by atoms with van der Waals surface area (Å²) >= 11 is 3.42. The van der Waals surface area contributed by atoms with Crippen LogP contribution >= 0.6 is 15.9 Å². The highest BCUT2D eigenvalue weighted by Crippen LogP contribution is 2.46. The van der Waals surface area contributed by atoms with E-state index in [1.165, 1.54) is 6.20 Å². The number of pyridine rings is 1. The third-order valence-electron chi connectivity index (χ3n) is 4.41. The molecule has 2 aromatic rings. The third-order valence-corrected chi connectivity index (χ3v) is 4.90.